The summed E-state index contributed by atoms with van der Waals surface area (Å²) in [6.07, 6.45) is 0. The number of hydrogen-bond acceptors (Lipinski definition) is 4. The van der Waals surface area contributed by atoms with Gasteiger partial charge in [-0.1, -0.05) is 242 Å². The zero-order valence-electron chi connectivity index (χ0n) is 44.3. The van der Waals surface area contributed by atoms with Crippen LogP contribution in [0.5, 0.6) is 0 Å². The van der Waals surface area contributed by atoms with Crippen LogP contribution in [0.2, 0.25) is 0 Å². The van der Waals surface area contributed by atoms with Crippen molar-refractivity contribution in [1.82, 2.24) is 0 Å². The van der Waals surface area contributed by atoms with Gasteiger partial charge in [-0.05, 0) is 155 Å². The van der Waals surface area contributed by atoms with Crippen molar-refractivity contribution in [3.05, 3.63) is 330 Å². The van der Waals surface area contributed by atoms with Gasteiger partial charge in [0.25, 0.3) is 0 Å². The minimum absolute atomic E-state index is 0.509. The predicted octanol–water partition coefficient (Wildman–Crippen LogP) is 21.7. The lowest BCUT2D eigenvalue weighted by molar-refractivity contribution is 0.723. The van der Waals surface area contributed by atoms with Gasteiger partial charge in [0.1, 0.15) is 0 Å². The molecule has 2 spiro atoms. The Morgan fingerprint density at radius 3 is 1.32 bits per heavy atom. The molecule has 0 bridgehead atoms. The first-order valence-electron chi connectivity index (χ1n) is 28.2. The molecule has 0 fully saturated rings. The minimum atomic E-state index is -0.526. The van der Waals surface area contributed by atoms with Gasteiger partial charge in [0.2, 0.25) is 0 Å². The Hall–Kier alpha value is -9.16. The summed E-state index contributed by atoms with van der Waals surface area (Å²) in [4.78, 5) is 7.80. The lowest BCUT2D eigenvalue weighted by Gasteiger charge is -2.40. The van der Waals surface area contributed by atoms with E-state index in [4.69, 9.17) is 0 Å². The first kappa shape index (κ1) is 46.6. The highest BCUT2D eigenvalue weighted by atomic mass is 32.2. The molecule has 4 heteroatoms. The molecule has 82 heavy (non-hydrogen) atoms. The van der Waals surface area contributed by atoms with Crippen molar-refractivity contribution in [2.45, 2.75) is 30.4 Å². The number of fused-ring (bicyclic) bond motifs is 22. The molecule has 2 aliphatic carbocycles. The number of anilines is 3. The van der Waals surface area contributed by atoms with Crippen LogP contribution in [0.1, 0.15) is 44.5 Å². The standard InChI is InChI=1S/C78H47NS3/c1-2-22-52-48(20-1)40-43-68(75(52)50-42-45-73-65(47-50)78(63-33-14-18-38-71(63)82-73)60-30-11-5-25-55(60)56-26-6-12-31-61(56)78)79(67-35-19-39-74-76(67)57-27-8-16-36-69(57)80-74)66-34-15-7-21-51(66)49-41-44-72-64(46-49)77(62-32-13-17-37-70(62)81-72)58-28-9-3-23-53(58)54-24-4-10-29-59(54)77/h1-47H. The van der Waals surface area contributed by atoms with Crippen molar-refractivity contribution in [3.63, 3.8) is 0 Å². The highest BCUT2D eigenvalue weighted by Gasteiger charge is 2.52. The molecular formula is C78H47NS3. The average molecular weight is 1090 g/mol. The Morgan fingerprint density at radius 1 is 0.268 bits per heavy atom. The van der Waals surface area contributed by atoms with Crippen molar-refractivity contribution >= 4 is 82.9 Å². The third kappa shape index (κ3) is 6.27. The van der Waals surface area contributed by atoms with Crippen LogP contribution in [0.15, 0.2) is 305 Å². The van der Waals surface area contributed by atoms with E-state index in [9.17, 15) is 0 Å². The van der Waals surface area contributed by atoms with Gasteiger partial charge in [-0.3, -0.25) is 0 Å². The lowest BCUT2D eigenvalue weighted by Crippen LogP contribution is -2.32. The molecule has 0 saturated heterocycles. The van der Waals surface area contributed by atoms with E-state index >= 15 is 0 Å². The van der Waals surface area contributed by atoms with E-state index in [1.807, 2.05) is 34.9 Å². The summed E-state index contributed by atoms with van der Waals surface area (Å²) in [5.41, 5.74) is 23.0. The predicted molar refractivity (Wildman–Crippen MR) is 345 cm³/mol. The topological polar surface area (TPSA) is 3.24 Å². The molecule has 14 aromatic rings. The van der Waals surface area contributed by atoms with E-state index in [2.05, 4.69) is 290 Å². The summed E-state index contributed by atoms with van der Waals surface area (Å²) in [7, 11) is 0. The molecule has 1 nitrogen and oxygen atoms in total. The number of hydrogen-bond donors (Lipinski definition) is 0. The van der Waals surface area contributed by atoms with Gasteiger partial charge in [0, 0.05) is 50.9 Å². The number of para-hydroxylation sites is 1. The van der Waals surface area contributed by atoms with E-state index in [0.717, 1.165) is 22.6 Å². The minimum Gasteiger partial charge on any atom is -0.309 e. The van der Waals surface area contributed by atoms with Gasteiger partial charge >= 0.3 is 0 Å². The Bertz CT molecular complexity index is 4950. The van der Waals surface area contributed by atoms with Gasteiger partial charge in [-0.2, -0.15) is 0 Å². The van der Waals surface area contributed by atoms with Crippen molar-refractivity contribution in [3.8, 4) is 44.5 Å². The molecule has 0 amide bonds. The zero-order valence-corrected chi connectivity index (χ0v) is 46.8. The fraction of sp³-hybridized carbons (Fsp3) is 0.0256. The second-order valence-corrected chi connectivity index (χ2v) is 25.3. The number of rotatable bonds is 5. The molecule has 382 valence electrons. The van der Waals surface area contributed by atoms with Crippen LogP contribution >= 0.6 is 34.9 Å². The SMILES string of the molecule is c1ccc2c(c1)Sc1ccc(-c3ccccc3N(c3ccc4ccccc4c3-c3ccc4c(c3)C3(c5ccccc5S4)c4ccccc4-c4ccccc43)c3cccc4sc5ccccc5c34)cc1C21c2ccccc2-c2ccccc21. The summed E-state index contributed by atoms with van der Waals surface area (Å²) in [6.45, 7) is 0. The van der Waals surface area contributed by atoms with Crippen LogP contribution < -0.4 is 4.90 Å². The first-order chi connectivity index (χ1) is 40.7. The molecular weight excluding hydrogens is 1050 g/mol. The Kier molecular flexibility index (Phi) is 10.0. The van der Waals surface area contributed by atoms with Crippen LogP contribution in [0.4, 0.5) is 17.1 Å². The normalized spacial score (nSPS) is 14.2. The maximum absolute atomic E-state index is 2.62. The first-order valence-corrected chi connectivity index (χ1v) is 30.7. The third-order valence-corrected chi connectivity index (χ3v) is 21.6. The highest BCUT2D eigenvalue weighted by molar-refractivity contribution is 7.99. The van der Waals surface area contributed by atoms with Crippen molar-refractivity contribution in [2.75, 3.05) is 4.90 Å². The van der Waals surface area contributed by atoms with Crippen LogP contribution in [0.3, 0.4) is 0 Å². The van der Waals surface area contributed by atoms with Gasteiger partial charge in [-0.15, -0.1) is 11.3 Å². The van der Waals surface area contributed by atoms with Crippen LogP contribution in [0.25, 0.3) is 75.5 Å². The van der Waals surface area contributed by atoms with E-state index in [1.54, 1.807) is 0 Å². The largest absolute Gasteiger partial charge is 0.309 e. The lowest BCUT2D eigenvalue weighted by atomic mass is 9.67. The molecule has 18 rings (SSSR count). The van der Waals surface area contributed by atoms with Gasteiger partial charge in [-0.25, -0.2) is 0 Å². The molecule has 0 atom stereocenters. The summed E-state index contributed by atoms with van der Waals surface area (Å²) in [5.74, 6) is 0. The zero-order chi connectivity index (χ0) is 53.7. The van der Waals surface area contributed by atoms with Crippen molar-refractivity contribution in [1.29, 1.82) is 0 Å². The fourth-order valence-electron chi connectivity index (χ4n) is 15.0. The van der Waals surface area contributed by atoms with E-state index in [1.165, 1.54) is 134 Å². The Balaban J connectivity index is 0.918. The maximum Gasteiger partial charge on any atom is 0.0735 e. The summed E-state index contributed by atoms with van der Waals surface area (Å²) < 4.78 is 2.54. The molecule has 0 saturated carbocycles. The smallest absolute Gasteiger partial charge is 0.0735 e. The van der Waals surface area contributed by atoms with E-state index < -0.39 is 10.8 Å². The second kappa shape index (κ2) is 17.7. The molecule has 2 aliphatic heterocycles. The molecule has 3 heterocycles. The summed E-state index contributed by atoms with van der Waals surface area (Å²) in [6, 6.07) is 108. The number of nitrogens with zero attached hydrogens (tertiary/aromatic N) is 1. The number of thiophene rings is 1. The average Bonchev–Trinajstić information content (AvgIpc) is 1.88. The molecule has 0 N–H and O–H groups in total. The molecule has 1 aromatic heterocycles. The molecule has 0 unspecified atom stereocenters. The fourth-order valence-corrected chi connectivity index (χ4v) is 18.5. The van der Waals surface area contributed by atoms with Crippen LogP contribution in [-0.2, 0) is 10.8 Å². The number of benzene rings is 13. The molecule has 0 radical (unpaired) electrons. The maximum atomic E-state index is 2.62. The van der Waals surface area contributed by atoms with Crippen molar-refractivity contribution in [2.24, 2.45) is 0 Å². The quantitative estimate of drug-likeness (QED) is 0.169. The molecule has 13 aromatic carbocycles. The highest BCUT2D eigenvalue weighted by Crippen LogP contribution is 2.65. The van der Waals surface area contributed by atoms with Gasteiger partial charge < -0.3 is 4.90 Å². The molecule has 4 aliphatic rings. The van der Waals surface area contributed by atoms with E-state index in [-0.39, 0.29) is 0 Å². The van der Waals surface area contributed by atoms with Crippen molar-refractivity contribution < 1.29 is 0 Å². The Morgan fingerprint density at radius 2 is 0.707 bits per heavy atom. The monoisotopic (exact) mass is 1090 g/mol. The van der Waals surface area contributed by atoms with Gasteiger partial charge in [0.15, 0.2) is 0 Å². The summed E-state index contributed by atoms with van der Waals surface area (Å²) >= 11 is 5.68. The Labute approximate surface area is 488 Å². The second-order valence-electron chi connectivity index (χ2n) is 22.1. The van der Waals surface area contributed by atoms with Crippen LogP contribution in [-0.4, -0.2) is 0 Å². The van der Waals surface area contributed by atoms with Crippen LogP contribution in [0, 0.1) is 0 Å². The van der Waals surface area contributed by atoms with Gasteiger partial charge in [0.05, 0.1) is 27.9 Å². The third-order valence-electron chi connectivity index (χ3n) is 18.2. The summed E-state index contributed by atoms with van der Waals surface area (Å²) in [5, 5.41) is 4.93. The van der Waals surface area contributed by atoms with E-state index in [0.29, 0.717) is 0 Å².